The monoisotopic (exact) mass is 324 g/mol. The van der Waals surface area contributed by atoms with Crippen LogP contribution < -0.4 is 5.32 Å². The van der Waals surface area contributed by atoms with Crippen LogP contribution in [0.5, 0.6) is 0 Å². The lowest BCUT2D eigenvalue weighted by molar-refractivity contribution is 0.0941. The van der Waals surface area contributed by atoms with Crippen molar-refractivity contribution in [3.05, 3.63) is 51.8 Å². The van der Waals surface area contributed by atoms with Crippen LogP contribution in [-0.2, 0) is 17.9 Å². The average Bonchev–Trinajstić information content (AvgIpc) is 2.87. The smallest absolute Gasteiger partial charge is 0.273 e. The van der Waals surface area contributed by atoms with Crippen LogP contribution in [0.15, 0.2) is 39.3 Å². The lowest BCUT2D eigenvalue weighted by atomic mass is 10.2. The van der Waals surface area contributed by atoms with Gasteiger partial charge >= 0.3 is 0 Å². The van der Waals surface area contributed by atoms with E-state index in [0.717, 1.165) is 10.0 Å². The maximum atomic E-state index is 11.8. The van der Waals surface area contributed by atoms with Gasteiger partial charge in [0.15, 0.2) is 11.5 Å². The highest BCUT2D eigenvalue weighted by molar-refractivity contribution is 9.10. The maximum Gasteiger partial charge on any atom is 0.273 e. The molecule has 0 spiro atoms. The van der Waals surface area contributed by atoms with Gasteiger partial charge in [0.25, 0.3) is 5.91 Å². The van der Waals surface area contributed by atoms with E-state index < -0.39 is 0 Å². The Morgan fingerprint density at radius 2 is 2.16 bits per heavy atom. The first kappa shape index (κ1) is 13.8. The summed E-state index contributed by atoms with van der Waals surface area (Å²) in [6, 6.07) is 9.29. The zero-order chi connectivity index (χ0) is 13.7. The second kappa shape index (κ2) is 6.49. The van der Waals surface area contributed by atoms with Crippen molar-refractivity contribution in [1.82, 2.24) is 10.5 Å². The molecular formula is C13H13BrN2O3. The SMILES string of the molecule is COCc1cc(C(=O)NCc2ccc(Br)cc2)no1. The van der Waals surface area contributed by atoms with Crippen molar-refractivity contribution in [2.24, 2.45) is 0 Å². The van der Waals surface area contributed by atoms with Crippen molar-refractivity contribution >= 4 is 21.8 Å². The Bertz CT molecular complexity index is 551. The van der Waals surface area contributed by atoms with E-state index in [9.17, 15) is 4.79 Å². The molecule has 2 aromatic rings. The molecule has 1 aromatic carbocycles. The molecule has 0 atom stereocenters. The average molecular weight is 325 g/mol. The molecular weight excluding hydrogens is 312 g/mol. The van der Waals surface area contributed by atoms with Crippen molar-refractivity contribution in [1.29, 1.82) is 0 Å². The van der Waals surface area contributed by atoms with Gasteiger partial charge in [-0.1, -0.05) is 33.2 Å². The predicted molar refractivity (Wildman–Crippen MR) is 72.5 cm³/mol. The number of halogens is 1. The fourth-order valence-corrected chi connectivity index (χ4v) is 1.77. The van der Waals surface area contributed by atoms with E-state index in [4.69, 9.17) is 9.26 Å². The van der Waals surface area contributed by atoms with E-state index in [1.807, 2.05) is 24.3 Å². The third-order valence-electron chi connectivity index (χ3n) is 2.44. The van der Waals surface area contributed by atoms with Gasteiger partial charge in [-0.15, -0.1) is 0 Å². The summed E-state index contributed by atoms with van der Waals surface area (Å²) in [6.07, 6.45) is 0. The van der Waals surface area contributed by atoms with Gasteiger partial charge in [-0.2, -0.15) is 0 Å². The normalized spacial score (nSPS) is 10.4. The van der Waals surface area contributed by atoms with Gasteiger partial charge < -0.3 is 14.6 Å². The van der Waals surface area contributed by atoms with Gasteiger partial charge in [-0.05, 0) is 17.7 Å². The third kappa shape index (κ3) is 3.90. The van der Waals surface area contributed by atoms with Gasteiger partial charge in [0, 0.05) is 24.2 Å². The Balaban J connectivity index is 1.91. The third-order valence-corrected chi connectivity index (χ3v) is 2.97. The Morgan fingerprint density at radius 1 is 1.42 bits per heavy atom. The molecule has 1 N–H and O–H groups in total. The fraction of sp³-hybridized carbons (Fsp3) is 0.231. The van der Waals surface area contributed by atoms with Crippen molar-refractivity contribution in [3.8, 4) is 0 Å². The molecule has 1 amide bonds. The number of nitrogens with zero attached hydrogens (tertiary/aromatic N) is 1. The standard InChI is InChI=1S/C13H13BrN2O3/c1-18-8-11-6-12(16-19-11)13(17)15-7-9-2-4-10(14)5-3-9/h2-6H,7-8H2,1H3,(H,15,17). The Morgan fingerprint density at radius 3 is 2.84 bits per heavy atom. The van der Waals surface area contributed by atoms with Crippen molar-refractivity contribution in [2.45, 2.75) is 13.2 Å². The number of aromatic nitrogens is 1. The van der Waals surface area contributed by atoms with Crippen LogP contribution in [0, 0.1) is 0 Å². The van der Waals surface area contributed by atoms with Crippen LogP contribution >= 0.6 is 15.9 Å². The molecule has 0 saturated carbocycles. The van der Waals surface area contributed by atoms with Crippen LogP contribution in [0.4, 0.5) is 0 Å². The summed E-state index contributed by atoms with van der Waals surface area (Å²) >= 11 is 3.36. The summed E-state index contributed by atoms with van der Waals surface area (Å²) in [5.74, 6) is 0.255. The number of amides is 1. The number of nitrogens with one attached hydrogen (secondary N) is 1. The van der Waals surface area contributed by atoms with Crippen LogP contribution in [0.2, 0.25) is 0 Å². The summed E-state index contributed by atoms with van der Waals surface area (Å²) in [5.41, 5.74) is 1.27. The van der Waals surface area contributed by atoms with E-state index >= 15 is 0 Å². The molecule has 1 heterocycles. The van der Waals surface area contributed by atoms with Crippen LogP contribution in [0.25, 0.3) is 0 Å². The molecule has 0 aliphatic rings. The summed E-state index contributed by atoms with van der Waals surface area (Å²) in [6.45, 7) is 0.742. The topological polar surface area (TPSA) is 64.4 Å². The van der Waals surface area contributed by atoms with E-state index in [-0.39, 0.29) is 11.6 Å². The second-order valence-corrected chi connectivity index (χ2v) is 4.84. The summed E-state index contributed by atoms with van der Waals surface area (Å²) in [7, 11) is 1.55. The van der Waals surface area contributed by atoms with E-state index in [1.54, 1.807) is 13.2 Å². The molecule has 0 bridgehead atoms. The van der Waals surface area contributed by atoms with Crippen molar-refractivity contribution in [2.75, 3.05) is 7.11 Å². The Kier molecular flexibility index (Phi) is 4.70. The van der Waals surface area contributed by atoms with Crippen molar-refractivity contribution < 1.29 is 14.1 Å². The number of hydrogen-bond acceptors (Lipinski definition) is 4. The van der Waals surface area contributed by atoms with Gasteiger partial charge in [-0.25, -0.2) is 0 Å². The van der Waals surface area contributed by atoms with Crippen molar-refractivity contribution in [3.63, 3.8) is 0 Å². The number of ether oxygens (including phenoxy) is 1. The number of carbonyl (C=O) groups excluding carboxylic acids is 1. The molecule has 0 saturated heterocycles. The first-order valence-electron chi connectivity index (χ1n) is 5.66. The minimum Gasteiger partial charge on any atom is -0.377 e. The molecule has 19 heavy (non-hydrogen) atoms. The number of carbonyl (C=O) groups is 1. The van der Waals surface area contributed by atoms with Gasteiger partial charge in [-0.3, -0.25) is 4.79 Å². The fourth-order valence-electron chi connectivity index (χ4n) is 1.51. The summed E-state index contributed by atoms with van der Waals surface area (Å²) in [4.78, 5) is 11.8. The van der Waals surface area contributed by atoms with Gasteiger partial charge in [0.1, 0.15) is 6.61 Å². The number of hydrogen-bond donors (Lipinski definition) is 1. The molecule has 5 nitrogen and oxygen atoms in total. The molecule has 0 unspecified atom stereocenters. The summed E-state index contributed by atoms with van der Waals surface area (Å²) < 4.78 is 10.8. The molecule has 1 aromatic heterocycles. The van der Waals surface area contributed by atoms with E-state index in [1.165, 1.54) is 0 Å². The molecule has 0 radical (unpaired) electrons. The number of benzene rings is 1. The van der Waals surface area contributed by atoms with Crippen LogP contribution in [0.3, 0.4) is 0 Å². The largest absolute Gasteiger partial charge is 0.377 e. The molecule has 2 rings (SSSR count). The maximum absolute atomic E-state index is 11.8. The molecule has 0 aliphatic heterocycles. The lowest BCUT2D eigenvalue weighted by Crippen LogP contribution is -2.22. The highest BCUT2D eigenvalue weighted by Gasteiger charge is 2.11. The molecule has 0 aliphatic carbocycles. The molecule has 6 heteroatoms. The van der Waals surface area contributed by atoms with Gasteiger partial charge in [0.05, 0.1) is 0 Å². The first-order chi connectivity index (χ1) is 9.19. The number of rotatable bonds is 5. The zero-order valence-corrected chi connectivity index (χ0v) is 11.9. The summed E-state index contributed by atoms with van der Waals surface area (Å²) in [5, 5.41) is 6.46. The molecule has 100 valence electrons. The highest BCUT2D eigenvalue weighted by Crippen LogP contribution is 2.10. The zero-order valence-electron chi connectivity index (χ0n) is 10.4. The predicted octanol–water partition coefficient (Wildman–Crippen LogP) is 2.51. The van der Waals surface area contributed by atoms with Gasteiger partial charge in [0.2, 0.25) is 0 Å². The lowest BCUT2D eigenvalue weighted by Gasteiger charge is -2.02. The second-order valence-electron chi connectivity index (χ2n) is 3.92. The Hall–Kier alpha value is -1.66. The van der Waals surface area contributed by atoms with Crippen LogP contribution in [-0.4, -0.2) is 18.2 Å². The molecule has 0 fully saturated rings. The number of methoxy groups -OCH3 is 1. The minimum atomic E-state index is -0.269. The van der Waals surface area contributed by atoms with E-state index in [0.29, 0.717) is 18.9 Å². The Labute approximate surface area is 119 Å². The van der Waals surface area contributed by atoms with E-state index in [2.05, 4.69) is 26.4 Å². The first-order valence-corrected chi connectivity index (χ1v) is 6.45. The van der Waals surface area contributed by atoms with Crippen LogP contribution in [0.1, 0.15) is 21.8 Å². The quantitative estimate of drug-likeness (QED) is 0.917. The highest BCUT2D eigenvalue weighted by atomic mass is 79.9. The minimum absolute atomic E-state index is 0.254.